The summed E-state index contributed by atoms with van der Waals surface area (Å²) in [7, 11) is 3.91. The van der Waals surface area contributed by atoms with Crippen molar-refractivity contribution in [1.82, 2.24) is 15.1 Å². The Morgan fingerprint density at radius 1 is 1.53 bits per heavy atom. The number of aryl methyl sites for hydroxylation is 2. The van der Waals surface area contributed by atoms with Crippen molar-refractivity contribution in [3.63, 3.8) is 0 Å². The fourth-order valence-electron chi connectivity index (χ4n) is 2.47. The second-order valence-electron chi connectivity index (χ2n) is 4.62. The number of aromatic nitrogens is 2. The van der Waals surface area contributed by atoms with Gasteiger partial charge in [0.15, 0.2) is 0 Å². The lowest BCUT2D eigenvalue weighted by molar-refractivity contribution is 0.613. The van der Waals surface area contributed by atoms with Crippen LogP contribution in [0.4, 0.5) is 0 Å². The molecule has 0 aliphatic carbocycles. The molecule has 1 aliphatic heterocycles. The summed E-state index contributed by atoms with van der Waals surface area (Å²) in [5.74, 6) is 2.38. The molecule has 3 rings (SSSR count). The van der Waals surface area contributed by atoms with E-state index >= 15 is 0 Å². The summed E-state index contributed by atoms with van der Waals surface area (Å²) in [4.78, 5) is 2.87. The molecule has 19 heavy (non-hydrogen) atoms. The van der Waals surface area contributed by atoms with Gasteiger partial charge in [0.25, 0.3) is 0 Å². The number of nitrogens with zero attached hydrogens (tertiary/aromatic N) is 2. The van der Waals surface area contributed by atoms with Crippen LogP contribution in [0.15, 0.2) is 12.3 Å². The van der Waals surface area contributed by atoms with Crippen molar-refractivity contribution in [2.24, 2.45) is 7.05 Å². The van der Waals surface area contributed by atoms with E-state index in [1.165, 1.54) is 27.5 Å². The largest absolute Gasteiger partial charge is 0.307 e. The first-order valence-corrected chi connectivity index (χ1v) is 8.59. The van der Waals surface area contributed by atoms with Crippen molar-refractivity contribution in [3.8, 4) is 0 Å². The third-order valence-corrected chi connectivity index (χ3v) is 6.03. The standard InChI is InChI=1S/C13H16ClN3S2/c1-15-12(13-9(14)6-16-17(13)2)11-5-8-7-18-4-3-10(8)19-11/h5-6,12,15H,3-4,7H2,1-2H3. The molecule has 1 atom stereocenters. The molecule has 2 aromatic heterocycles. The predicted octanol–water partition coefficient (Wildman–Crippen LogP) is 3.23. The Bertz CT molecular complexity index is 548. The van der Waals surface area contributed by atoms with Gasteiger partial charge in [-0.15, -0.1) is 11.3 Å². The number of thioether (sulfide) groups is 1. The van der Waals surface area contributed by atoms with Crippen LogP contribution < -0.4 is 5.32 Å². The van der Waals surface area contributed by atoms with Crippen molar-refractivity contribution in [2.45, 2.75) is 18.2 Å². The quantitative estimate of drug-likeness (QED) is 0.943. The lowest BCUT2D eigenvalue weighted by Gasteiger charge is -2.15. The van der Waals surface area contributed by atoms with Gasteiger partial charge in [0, 0.05) is 22.6 Å². The lowest BCUT2D eigenvalue weighted by atomic mass is 10.1. The SMILES string of the molecule is CNC(c1cc2c(s1)CCSC2)c1c(Cl)cnn1C. The van der Waals surface area contributed by atoms with Crippen molar-refractivity contribution in [1.29, 1.82) is 0 Å². The minimum Gasteiger partial charge on any atom is -0.307 e. The van der Waals surface area contributed by atoms with Crippen LogP contribution in [0.25, 0.3) is 0 Å². The van der Waals surface area contributed by atoms with Gasteiger partial charge >= 0.3 is 0 Å². The molecule has 0 aromatic carbocycles. The van der Waals surface area contributed by atoms with Crippen molar-refractivity contribution in [3.05, 3.63) is 38.3 Å². The average molecular weight is 314 g/mol. The fraction of sp³-hybridized carbons (Fsp3) is 0.462. The highest BCUT2D eigenvalue weighted by Gasteiger charge is 2.23. The lowest BCUT2D eigenvalue weighted by Crippen LogP contribution is -2.20. The molecular formula is C13H16ClN3S2. The van der Waals surface area contributed by atoms with E-state index in [4.69, 9.17) is 11.6 Å². The number of rotatable bonds is 3. The monoisotopic (exact) mass is 313 g/mol. The summed E-state index contributed by atoms with van der Waals surface area (Å²) >= 11 is 10.2. The maximum absolute atomic E-state index is 6.27. The smallest absolute Gasteiger partial charge is 0.0854 e. The third kappa shape index (κ3) is 2.44. The van der Waals surface area contributed by atoms with Gasteiger partial charge in [0.2, 0.25) is 0 Å². The molecule has 6 heteroatoms. The summed E-state index contributed by atoms with van der Waals surface area (Å²) < 4.78 is 1.86. The second-order valence-corrected chi connectivity index (χ2v) is 7.30. The van der Waals surface area contributed by atoms with Gasteiger partial charge in [0.05, 0.1) is 23.0 Å². The minimum absolute atomic E-state index is 0.126. The van der Waals surface area contributed by atoms with Crippen molar-refractivity contribution < 1.29 is 0 Å². The van der Waals surface area contributed by atoms with Crippen LogP contribution in [0.1, 0.15) is 27.1 Å². The van der Waals surface area contributed by atoms with Crippen LogP contribution in [0.5, 0.6) is 0 Å². The van der Waals surface area contributed by atoms with E-state index in [0.29, 0.717) is 0 Å². The average Bonchev–Trinajstić information content (AvgIpc) is 2.97. The van der Waals surface area contributed by atoms with Crippen molar-refractivity contribution in [2.75, 3.05) is 12.8 Å². The normalized spacial score (nSPS) is 16.4. The molecule has 2 aromatic rings. The van der Waals surface area contributed by atoms with Gasteiger partial charge in [-0.25, -0.2) is 0 Å². The van der Waals surface area contributed by atoms with Crippen molar-refractivity contribution >= 4 is 34.7 Å². The van der Waals surface area contributed by atoms with Crippen LogP contribution in [0.3, 0.4) is 0 Å². The second kappa shape index (κ2) is 5.48. The van der Waals surface area contributed by atoms with E-state index in [0.717, 1.165) is 16.5 Å². The zero-order chi connectivity index (χ0) is 13.4. The minimum atomic E-state index is 0.126. The van der Waals surface area contributed by atoms with E-state index in [1.54, 1.807) is 6.20 Å². The summed E-state index contributed by atoms with van der Waals surface area (Å²) in [6.45, 7) is 0. The van der Waals surface area contributed by atoms with Crippen LogP contribution in [0, 0.1) is 0 Å². The van der Waals surface area contributed by atoms with Gasteiger partial charge in [-0.3, -0.25) is 4.68 Å². The Hall–Kier alpha value is -0.490. The Morgan fingerprint density at radius 2 is 2.37 bits per heavy atom. The Morgan fingerprint density at radius 3 is 3.00 bits per heavy atom. The highest BCUT2D eigenvalue weighted by molar-refractivity contribution is 7.98. The molecule has 0 saturated heterocycles. The molecule has 3 nitrogen and oxygen atoms in total. The van der Waals surface area contributed by atoms with E-state index in [1.807, 2.05) is 41.9 Å². The zero-order valence-electron chi connectivity index (χ0n) is 10.9. The number of fused-ring (bicyclic) bond motifs is 1. The molecule has 0 amide bonds. The Labute approximate surface area is 126 Å². The van der Waals surface area contributed by atoms with E-state index in [-0.39, 0.29) is 6.04 Å². The van der Waals surface area contributed by atoms with Crippen LogP contribution >= 0.6 is 34.7 Å². The third-order valence-electron chi connectivity index (χ3n) is 3.43. The van der Waals surface area contributed by atoms with Gasteiger partial charge in [-0.2, -0.15) is 16.9 Å². The van der Waals surface area contributed by atoms with Gasteiger partial charge < -0.3 is 5.32 Å². The van der Waals surface area contributed by atoms with Crippen LogP contribution in [-0.2, 0) is 19.2 Å². The summed E-state index contributed by atoms with van der Waals surface area (Å²) in [5.41, 5.74) is 2.53. The summed E-state index contributed by atoms with van der Waals surface area (Å²) in [5, 5.41) is 8.33. The first kappa shape index (κ1) is 13.5. The number of hydrogen-bond acceptors (Lipinski definition) is 4. The molecule has 1 N–H and O–H groups in total. The number of thiophene rings is 1. The zero-order valence-corrected chi connectivity index (χ0v) is 13.3. The number of halogens is 1. The molecule has 102 valence electrons. The first-order chi connectivity index (χ1) is 9.20. The molecule has 0 spiro atoms. The van der Waals surface area contributed by atoms with E-state index in [2.05, 4.69) is 16.5 Å². The molecule has 0 bridgehead atoms. The molecule has 1 aliphatic rings. The molecule has 1 unspecified atom stereocenters. The van der Waals surface area contributed by atoms with Gasteiger partial charge in [-0.05, 0) is 30.9 Å². The topological polar surface area (TPSA) is 29.9 Å². The Kier molecular flexibility index (Phi) is 3.89. The molecule has 0 saturated carbocycles. The maximum Gasteiger partial charge on any atom is 0.0854 e. The number of hydrogen-bond donors (Lipinski definition) is 1. The first-order valence-electron chi connectivity index (χ1n) is 6.24. The highest BCUT2D eigenvalue weighted by Crippen LogP contribution is 2.37. The fourth-order valence-corrected chi connectivity index (χ4v) is 5.24. The maximum atomic E-state index is 6.27. The molecule has 0 radical (unpaired) electrons. The van der Waals surface area contributed by atoms with Crippen LogP contribution in [-0.4, -0.2) is 22.6 Å². The summed E-state index contributed by atoms with van der Waals surface area (Å²) in [6, 6.07) is 2.46. The Balaban J connectivity index is 2.01. The van der Waals surface area contributed by atoms with E-state index < -0.39 is 0 Å². The van der Waals surface area contributed by atoms with E-state index in [9.17, 15) is 0 Å². The molecule has 0 fully saturated rings. The predicted molar refractivity (Wildman–Crippen MR) is 83.3 cm³/mol. The van der Waals surface area contributed by atoms with Crippen LogP contribution in [0.2, 0.25) is 5.02 Å². The van der Waals surface area contributed by atoms with Gasteiger partial charge in [0.1, 0.15) is 0 Å². The number of nitrogens with one attached hydrogen (secondary N) is 1. The molecular weight excluding hydrogens is 298 g/mol. The highest BCUT2D eigenvalue weighted by atomic mass is 35.5. The van der Waals surface area contributed by atoms with Gasteiger partial charge in [-0.1, -0.05) is 11.6 Å². The molecule has 3 heterocycles. The summed E-state index contributed by atoms with van der Waals surface area (Å²) in [6.07, 6.45) is 2.91.